The molecule has 15 N–H and O–H groups in total. The first-order chi connectivity index (χ1) is 55.9. The highest BCUT2D eigenvalue weighted by molar-refractivity contribution is 7.87. The van der Waals surface area contributed by atoms with E-state index in [1.165, 1.54) is 143 Å². The fourth-order valence-corrected chi connectivity index (χ4v) is 18.1. The summed E-state index contributed by atoms with van der Waals surface area (Å²) in [6.07, 6.45) is 6.23. The molecule has 6 aromatic carbocycles. The molecule has 626 valence electrons. The highest BCUT2D eigenvalue weighted by Gasteiger charge is 2.33. The molecule has 6 aromatic heterocycles. The second kappa shape index (κ2) is 32.1. The van der Waals surface area contributed by atoms with Gasteiger partial charge in [-0.3, -0.25) is 70.5 Å². The Kier molecular flexibility index (Phi) is 22.9. The van der Waals surface area contributed by atoms with Crippen LogP contribution in [0.3, 0.4) is 0 Å². The molecular weight excluding hydrogens is 1700 g/mol. The van der Waals surface area contributed by atoms with Crippen LogP contribution in [0.25, 0.3) is 32.3 Å². The van der Waals surface area contributed by atoms with Gasteiger partial charge in [-0.2, -0.15) is 50.5 Å². The quantitative estimate of drug-likeness (QED) is 0.0248. The molecule has 0 fully saturated rings. The first-order valence-electron chi connectivity index (χ1n) is 34.2. The number of anilines is 9. The van der Waals surface area contributed by atoms with E-state index in [0.29, 0.717) is 0 Å². The Morgan fingerprint density at radius 1 is 0.275 bits per heavy atom. The van der Waals surface area contributed by atoms with Gasteiger partial charge in [0, 0.05) is 125 Å². The summed E-state index contributed by atoms with van der Waals surface area (Å²) < 4.78 is 217. The molecule has 0 saturated carbocycles. The van der Waals surface area contributed by atoms with Gasteiger partial charge < -0.3 is 75.3 Å². The number of aryl methyl sites for hydroxylation is 6. The van der Waals surface area contributed by atoms with Gasteiger partial charge in [-0.05, 0) is 72.8 Å². The maximum atomic E-state index is 14.6. The molecule has 42 nitrogen and oxygen atoms in total. The lowest BCUT2D eigenvalue weighted by atomic mass is 9.99. The molecule has 0 spiro atoms. The summed E-state index contributed by atoms with van der Waals surface area (Å²) in [5.74, 6) is -9.86. The van der Waals surface area contributed by atoms with Crippen molar-refractivity contribution in [3.63, 3.8) is 0 Å². The van der Waals surface area contributed by atoms with Gasteiger partial charge in [0.2, 0.25) is 17.7 Å². The van der Waals surface area contributed by atoms with E-state index in [4.69, 9.17) is 0 Å². The van der Waals surface area contributed by atoms with E-state index in [1.807, 2.05) is 0 Å². The number of amides is 9. The van der Waals surface area contributed by atoms with Crippen molar-refractivity contribution in [2.45, 2.75) is 42.2 Å². The highest BCUT2D eigenvalue weighted by Crippen LogP contribution is 2.39. The molecule has 6 heterocycles. The summed E-state index contributed by atoms with van der Waals surface area (Å²) in [5, 5.41) is 20.5. The zero-order chi connectivity index (χ0) is 87.7. The van der Waals surface area contributed by atoms with Crippen LogP contribution >= 0.6 is 0 Å². The van der Waals surface area contributed by atoms with E-state index in [-0.39, 0.29) is 101 Å². The second-order valence-electron chi connectivity index (χ2n) is 27.0. The minimum atomic E-state index is -5.21. The zero-order valence-electron chi connectivity index (χ0n) is 62.5. The Hall–Kier alpha value is -13.5. The Morgan fingerprint density at radius 2 is 0.492 bits per heavy atom. The van der Waals surface area contributed by atoms with Crippen LogP contribution < -0.4 is 47.9 Å². The van der Waals surface area contributed by atoms with Gasteiger partial charge in [0.05, 0.1) is 57.1 Å². The number of rotatable bonds is 26. The normalized spacial score (nSPS) is 12.2. The number of hydrogen-bond acceptors (Lipinski definition) is 21. The lowest BCUT2D eigenvalue weighted by Gasteiger charge is -2.16. The summed E-state index contributed by atoms with van der Waals surface area (Å²) in [7, 11) is -21.9. The van der Waals surface area contributed by atoms with Crippen molar-refractivity contribution in [3.05, 3.63) is 199 Å². The molecule has 0 saturated heterocycles. The summed E-state index contributed by atoms with van der Waals surface area (Å²) in [6, 6.07) is 23.1. The Morgan fingerprint density at radius 3 is 0.717 bits per heavy atom. The SMILES string of the molecule is Cn1cc(NC(=O)CC(CC(=O)Nc2cc(C(=O)Nc3cc(C(=O)Nc4ccc5c(S(=O)(=O)O)cccc5c4S(=O)(=O)O)n(C)c3)n(C)c2)C(=O)Nc2cc(C(=O)Nc3cc(C(=O)Nc4ccc5c(S(=O)(=O)O)cccc5c4S(=O)(=O)O)n(C)c3)n(C)c2)cc1C(=O)Nc1cc(C(=O)Nc2ccc3c(S(=O)(=O)O)cccc3c2S(=O)(=O)O)n(C)c1. The molecule has 12 aromatic rings. The minimum absolute atomic E-state index is 0.00126. The van der Waals surface area contributed by atoms with Crippen molar-refractivity contribution < 1.29 is 121 Å². The third kappa shape index (κ3) is 18.3. The highest BCUT2D eigenvalue weighted by atomic mass is 32.2. The van der Waals surface area contributed by atoms with Gasteiger partial charge in [-0.25, -0.2) is 0 Å². The third-order valence-electron chi connectivity index (χ3n) is 18.5. The number of carbonyl (C=O) groups is 9. The van der Waals surface area contributed by atoms with Gasteiger partial charge in [-0.15, -0.1) is 0 Å². The van der Waals surface area contributed by atoms with Crippen LogP contribution in [0.4, 0.5) is 51.2 Å². The van der Waals surface area contributed by atoms with Crippen LogP contribution in [-0.2, 0) is 117 Å². The largest absolute Gasteiger partial charge is 0.344 e. The standard InChI is InChI=1S/C72H65N15O27S6/c1-82-30-37(24-52(82)67(91)76-40-27-55(85(4)33-40)70(94)79-49-19-16-43-46(63(49)118(106,107)108)10-7-13-58(43)115(97,98)99)73-61(88)22-36(66(90)75-39-26-54(84(3)32-39)69(93)78-42-29-57(87(6)35-42)72(96)81-51-21-18-45-48(65(51)120(112,113)114)12-9-15-60(45)117(103,104)105)23-62(89)74-38-25-53(83(2)31-38)68(92)77-41-28-56(86(5)34-41)71(95)80-50-20-17-44-47(64(50)119(109,110)111)11-8-14-59(44)116(100,101)102/h7-21,24-36H,22-23H2,1-6H3,(H,73,88)(H,74,89)(H,75,90)(H,76,91)(H,77,92)(H,78,93)(H,79,94)(H,80,95)(H,81,96)(H,97,98,99)(H,100,101,102)(H,103,104,105)(H,106,107,108)(H,109,110,111)(H,112,113,114). The first kappa shape index (κ1) is 85.8. The number of nitrogens with zero attached hydrogens (tertiary/aromatic N) is 6. The number of carbonyl (C=O) groups excluding carboxylic acids is 9. The molecule has 0 radical (unpaired) electrons. The number of aromatic nitrogens is 6. The van der Waals surface area contributed by atoms with Gasteiger partial charge in [0.1, 0.15) is 63.5 Å². The van der Waals surface area contributed by atoms with Crippen molar-refractivity contribution in [3.8, 4) is 0 Å². The molecule has 0 bridgehead atoms. The minimum Gasteiger partial charge on any atom is -0.344 e. The summed E-state index contributed by atoms with van der Waals surface area (Å²) in [4.78, 5) is 121. The van der Waals surface area contributed by atoms with Crippen molar-refractivity contribution in [1.29, 1.82) is 0 Å². The molecule has 9 amide bonds. The van der Waals surface area contributed by atoms with Crippen molar-refractivity contribution in [2.75, 3.05) is 47.9 Å². The van der Waals surface area contributed by atoms with E-state index >= 15 is 0 Å². The monoisotopic (exact) mass is 1760 g/mol. The summed E-state index contributed by atoms with van der Waals surface area (Å²) in [6.45, 7) is 0. The third-order valence-corrected chi connectivity index (χ3v) is 24.1. The molecule has 120 heavy (non-hydrogen) atoms. The van der Waals surface area contributed by atoms with Gasteiger partial charge >= 0.3 is 0 Å². The van der Waals surface area contributed by atoms with Crippen LogP contribution in [0, 0.1) is 5.92 Å². The van der Waals surface area contributed by atoms with Gasteiger partial charge in [0.25, 0.3) is 96.2 Å². The zero-order valence-corrected chi connectivity index (χ0v) is 67.4. The number of benzene rings is 6. The maximum absolute atomic E-state index is 14.6. The number of fused-ring (bicyclic) bond motifs is 3. The fourth-order valence-electron chi connectivity index (χ4n) is 13.4. The fraction of sp³-hybridized carbons (Fsp3) is 0.125. The van der Waals surface area contributed by atoms with E-state index in [0.717, 1.165) is 91.0 Å². The molecule has 0 aliphatic rings. The molecule has 0 unspecified atom stereocenters. The van der Waals surface area contributed by atoms with Crippen molar-refractivity contribution in [1.82, 2.24) is 27.4 Å². The molecule has 0 aliphatic heterocycles. The molecule has 48 heteroatoms. The van der Waals surface area contributed by atoms with E-state index < -0.39 is 179 Å². The van der Waals surface area contributed by atoms with Crippen LogP contribution in [-0.4, -0.2) is 158 Å². The smallest absolute Gasteiger partial charge is 0.297 e. The Labute approximate surface area is 678 Å². The lowest BCUT2D eigenvalue weighted by Crippen LogP contribution is -2.30. The van der Waals surface area contributed by atoms with Crippen LogP contribution in [0.2, 0.25) is 0 Å². The molecule has 12 rings (SSSR count). The maximum Gasteiger partial charge on any atom is 0.297 e. The summed E-state index contributed by atoms with van der Waals surface area (Å²) >= 11 is 0. The molecule has 0 aliphatic carbocycles. The van der Waals surface area contributed by atoms with Gasteiger partial charge in [0.15, 0.2) is 0 Å². The topological polar surface area (TPSA) is 618 Å². The van der Waals surface area contributed by atoms with Crippen LogP contribution in [0.1, 0.15) is 75.8 Å². The molecular formula is C72H65N15O27S6. The van der Waals surface area contributed by atoms with Crippen molar-refractivity contribution >= 4 is 197 Å². The predicted molar refractivity (Wildman–Crippen MR) is 430 cm³/mol. The average Bonchev–Trinajstić information content (AvgIpc) is 0.790. The Balaban J connectivity index is 0.745. The van der Waals surface area contributed by atoms with E-state index in [2.05, 4.69) is 47.9 Å². The summed E-state index contributed by atoms with van der Waals surface area (Å²) in [5.41, 5.74) is -2.58. The van der Waals surface area contributed by atoms with Gasteiger partial charge in [-0.1, -0.05) is 54.6 Å². The van der Waals surface area contributed by atoms with E-state index in [1.54, 1.807) is 0 Å². The number of nitrogens with one attached hydrogen (secondary N) is 9. The first-order valence-corrected chi connectivity index (χ1v) is 42.8. The van der Waals surface area contributed by atoms with Crippen LogP contribution in [0.5, 0.6) is 0 Å². The lowest BCUT2D eigenvalue weighted by molar-refractivity contribution is -0.127. The second-order valence-corrected chi connectivity index (χ2v) is 35.2. The van der Waals surface area contributed by atoms with Crippen molar-refractivity contribution in [2.24, 2.45) is 48.2 Å². The van der Waals surface area contributed by atoms with E-state index in [9.17, 15) is 121 Å². The van der Waals surface area contributed by atoms with Crippen LogP contribution in [0.15, 0.2) is 194 Å². The number of hydrogen-bond donors (Lipinski definition) is 15. The predicted octanol–water partition coefficient (Wildman–Crippen LogP) is 6.78. The Bertz CT molecular complexity index is 6920. The molecule has 0 atom stereocenters. The average molecular weight is 1760 g/mol.